The molecule has 5 N–H and O–H groups in total. The SMILES string of the molecule is C[C@H]1c2ccc(C(C)(C)CCCC#N)c(O)c2C(=O)C2C(=O)[C@]3(O)C(=O)C(C(N)=O)C(=O)C(N(C)C)[C@@H]3[C@@H](O)[C@@H]21. The third kappa shape index (κ3) is 3.92. The summed E-state index contributed by atoms with van der Waals surface area (Å²) >= 11 is 0. The number of aromatic hydroxyl groups is 1. The Labute approximate surface area is 231 Å². The number of benzene rings is 1. The van der Waals surface area contributed by atoms with Crippen LogP contribution in [-0.4, -0.2) is 81.1 Å². The molecule has 3 aliphatic carbocycles. The summed E-state index contributed by atoms with van der Waals surface area (Å²) in [5.41, 5.74) is 2.37. The number of fused-ring (bicyclic) bond motifs is 3. The van der Waals surface area contributed by atoms with Crippen molar-refractivity contribution in [2.75, 3.05) is 14.1 Å². The van der Waals surface area contributed by atoms with Crippen LogP contribution in [0.4, 0.5) is 0 Å². The van der Waals surface area contributed by atoms with E-state index in [-0.39, 0.29) is 11.3 Å². The normalized spacial score (nSPS) is 33.7. The Morgan fingerprint density at radius 2 is 1.80 bits per heavy atom. The molecule has 0 radical (unpaired) electrons. The van der Waals surface area contributed by atoms with Crippen molar-refractivity contribution in [1.29, 1.82) is 5.26 Å². The minimum absolute atomic E-state index is 0.128. The number of likely N-dealkylation sites (N-methyl/N-ethyl adjacent to an activating group) is 1. The van der Waals surface area contributed by atoms with Crippen molar-refractivity contribution < 1.29 is 39.3 Å². The van der Waals surface area contributed by atoms with E-state index in [0.29, 0.717) is 30.4 Å². The molecule has 0 saturated heterocycles. The topological polar surface area (TPSA) is 199 Å². The van der Waals surface area contributed by atoms with Crippen LogP contribution in [0, 0.1) is 35.0 Å². The van der Waals surface area contributed by atoms with Gasteiger partial charge in [0.2, 0.25) is 5.91 Å². The summed E-state index contributed by atoms with van der Waals surface area (Å²) < 4.78 is 0. The van der Waals surface area contributed by atoms with Gasteiger partial charge in [-0.25, -0.2) is 0 Å². The van der Waals surface area contributed by atoms with Crippen molar-refractivity contribution in [3.63, 3.8) is 0 Å². The number of aliphatic hydroxyl groups is 2. The number of phenols is 1. The monoisotopic (exact) mass is 553 g/mol. The highest BCUT2D eigenvalue weighted by molar-refractivity contribution is 6.32. The summed E-state index contributed by atoms with van der Waals surface area (Å²) in [6, 6.07) is 4.02. The van der Waals surface area contributed by atoms with Crippen LogP contribution in [0.1, 0.15) is 67.4 Å². The van der Waals surface area contributed by atoms with Gasteiger partial charge in [0.25, 0.3) is 0 Å². The van der Waals surface area contributed by atoms with Crippen molar-refractivity contribution >= 4 is 29.0 Å². The maximum absolute atomic E-state index is 14.1. The van der Waals surface area contributed by atoms with E-state index >= 15 is 0 Å². The number of carbonyl (C=O) groups is 5. The minimum Gasteiger partial charge on any atom is -0.507 e. The molecule has 11 heteroatoms. The summed E-state index contributed by atoms with van der Waals surface area (Å²) in [6.07, 6.45) is -0.260. The Morgan fingerprint density at radius 3 is 2.35 bits per heavy atom. The zero-order chi connectivity index (χ0) is 30.1. The minimum atomic E-state index is -3.03. The van der Waals surface area contributed by atoms with Gasteiger partial charge in [-0.2, -0.15) is 5.26 Å². The number of nitrogens with zero attached hydrogens (tertiary/aromatic N) is 2. The highest BCUT2D eigenvalue weighted by Gasteiger charge is 2.72. The lowest BCUT2D eigenvalue weighted by Crippen LogP contribution is -2.77. The van der Waals surface area contributed by atoms with Gasteiger partial charge in [-0.05, 0) is 43.8 Å². The molecular weight excluding hydrogens is 518 g/mol. The van der Waals surface area contributed by atoms with E-state index in [1.54, 1.807) is 19.1 Å². The quantitative estimate of drug-likeness (QED) is 0.282. The zero-order valence-electron chi connectivity index (χ0n) is 23.2. The van der Waals surface area contributed by atoms with Crippen molar-refractivity contribution in [2.45, 2.75) is 69.1 Å². The van der Waals surface area contributed by atoms with Gasteiger partial charge in [-0.15, -0.1) is 0 Å². The Hall–Kier alpha value is -3.46. The molecule has 2 saturated carbocycles. The maximum atomic E-state index is 14.1. The molecule has 0 spiro atoms. The molecule has 2 fully saturated rings. The number of Topliss-reactive ketones (excluding diaryl/α,β-unsaturated/α-hetero) is 4. The zero-order valence-corrected chi connectivity index (χ0v) is 23.2. The lowest BCUT2D eigenvalue weighted by molar-refractivity contribution is -0.196. The predicted molar refractivity (Wildman–Crippen MR) is 140 cm³/mol. The molecular formula is C29H35N3O8. The van der Waals surface area contributed by atoms with E-state index in [2.05, 4.69) is 6.07 Å². The number of unbranched alkanes of at least 4 members (excludes halogenated alkanes) is 1. The van der Waals surface area contributed by atoms with Crippen LogP contribution in [0.2, 0.25) is 0 Å². The molecule has 40 heavy (non-hydrogen) atoms. The molecule has 0 heterocycles. The molecule has 0 aliphatic heterocycles. The molecule has 1 amide bonds. The van der Waals surface area contributed by atoms with Gasteiger partial charge in [0.05, 0.1) is 35.6 Å². The van der Waals surface area contributed by atoms with Crippen LogP contribution in [0.15, 0.2) is 12.1 Å². The average Bonchev–Trinajstić information content (AvgIpc) is 2.85. The van der Waals surface area contributed by atoms with Crippen LogP contribution in [-0.2, 0) is 24.6 Å². The standard InChI is InChI=1S/C29H35N3O8/c1-12-13-8-9-14(28(2,3)10-6-7-11-30)21(33)16(13)22(34)17-15(12)23(35)19-20(32(4)5)24(36)18(27(31)39)26(38)29(19,40)25(17)37/h8-9,12,15,17-20,23,33,35,40H,6-7,10H2,1-5H3,(H2,31,39)/t12-,15+,17?,18?,19+,20?,23-,29-/m0/s1. The molecule has 0 bridgehead atoms. The predicted octanol–water partition coefficient (Wildman–Crippen LogP) is 0.370. The van der Waals surface area contributed by atoms with E-state index in [4.69, 9.17) is 11.0 Å². The number of nitriles is 1. The second-order valence-electron chi connectivity index (χ2n) is 12.2. The second kappa shape index (κ2) is 9.87. The van der Waals surface area contributed by atoms with Gasteiger partial charge >= 0.3 is 0 Å². The van der Waals surface area contributed by atoms with Gasteiger partial charge in [-0.3, -0.25) is 28.9 Å². The third-order valence-corrected chi connectivity index (χ3v) is 9.31. The molecule has 11 nitrogen and oxygen atoms in total. The molecule has 0 aromatic heterocycles. The van der Waals surface area contributed by atoms with Crippen molar-refractivity contribution in [1.82, 2.24) is 4.90 Å². The van der Waals surface area contributed by atoms with E-state index in [9.17, 15) is 39.3 Å². The first-order chi connectivity index (χ1) is 18.5. The highest BCUT2D eigenvalue weighted by atomic mass is 16.3. The number of rotatable bonds is 6. The first kappa shape index (κ1) is 29.5. The fourth-order valence-electron chi connectivity index (χ4n) is 7.28. The van der Waals surface area contributed by atoms with Gasteiger partial charge in [0, 0.05) is 17.9 Å². The van der Waals surface area contributed by atoms with Crippen molar-refractivity contribution in [3.8, 4) is 11.8 Å². The van der Waals surface area contributed by atoms with Gasteiger partial charge < -0.3 is 21.1 Å². The number of aliphatic hydroxyl groups excluding tert-OH is 1. The maximum Gasteiger partial charge on any atom is 0.235 e. The second-order valence-corrected chi connectivity index (χ2v) is 12.2. The van der Waals surface area contributed by atoms with E-state index < -0.39 is 81.8 Å². The Balaban J connectivity index is 1.89. The van der Waals surface area contributed by atoms with Gasteiger partial charge in [0.15, 0.2) is 34.7 Å². The summed E-state index contributed by atoms with van der Waals surface area (Å²) in [6.45, 7) is 5.39. The number of amides is 1. The summed E-state index contributed by atoms with van der Waals surface area (Å²) in [5.74, 6) is -13.4. The first-order valence-electron chi connectivity index (χ1n) is 13.3. The van der Waals surface area contributed by atoms with E-state index in [0.717, 1.165) is 0 Å². The molecule has 214 valence electrons. The summed E-state index contributed by atoms with van der Waals surface area (Å²) in [7, 11) is 2.89. The number of carbonyl (C=O) groups excluding carboxylic acids is 5. The van der Waals surface area contributed by atoms with Crippen LogP contribution in [0.3, 0.4) is 0 Å². The molecule has 8 atom stereocenters. The number of hydrogen-bond donors (Lipinski definition) is 4. The average molecular weight is 554 g/mol. The molecule has 4 rings (SSSR count). The molecule has 3 unspecified atom stereocenters. The lowest BCUT2D eigenvalue weighted by atomic mass is 9.49. The number of nitrogens with two attached hydrogens (primary N) is 1. The first-order valence-corrected chi connectivity index (χ1v) is 13.3. The Morgan fingerprint density at radius 1 is 1.18 bits per heavy atom. The molecule has 3 aliphatic rings. The number of primary amides is 1. The fourth-order valence-corrected chi connectivity index (χ4v) is 7.28. The largest absolute Gasteiger partial charge is 0.507 e. The summed E-state index contributed by atoms with van der Waals surface area (Å²) in [5, 5.41) is 43.7. The van der Waals surface area contributed by atoms with Gasteiger partial charge in [0.1, 0.15) is 5.75 Å². The number of hydrogen-bond acceptors (Lipinski definition) is 10. The summed E-state index contributed by atoms with van der Waals surface area (Å²) in [4.78, 5) is 68.2. The lowest BCUT2D eigenvalue weighted by Gasteiger charge is -2.56. The van der Waals surface area contributed by atoms with Gasteiger partial charge in [-0.1, -0.05) is 32.9 Å². The molecule has 1 aromatic rings. The Kier molecular flexibility index (Phi) is 7.28. The van der Waals surface area contributed by atoms with Crippen molar-refractivity contribution in [3.05, 3.63) is 28.8 Å². The number of phenolic OH excluding ortho intramolecular Hbond substituents is 1. The van der Waals surface area contributed by atoms with E-state index in [1.807, 2.05) is 13.8 Å². The highest BCUT2D eigenvalue weighted by Crippen LogP contribution is 2.55. The molecule has 1 aromatic carbocycles. The van der Waals surface area contributed by atoms with Crippen LogP contribution < -0.4 is 5.73 Å². The third-order valence-electron chi connectivity index (χ3n) is 9.31. The van der Waals surface area contributed by atoms with Crippen molar-refractivity contribution in [2.24, 2.45) is 29.4 Å². The smallest absolute Gasteiger partial charge is 0.235 e. The Bertz CT molecular complexity index is 1360. The van der Waals surface area contributed by atoms with Crippen LogP contribution >= 0.6 is 0 Å². The number of ketones is 4. The van der Waals surface area contributed by atoms with E-state index in [1.165, 1.54) is 19.0 Å². The van der Waals surface area contributed by atoms with Crippen LogP contribution in [0.25, 0.3) is 0 Å². The fraction of sp³-hybridized carbons (Fsp3) is 0.586. The van der Waals surface area contributed by atoms with Crippen LogP contribution in [0.5, 0.6) is 5.75 Å².